The number of benzene rings is 1. The Morgan fingerprint density at radius 2 is 2.38 bits per heavy atom. The summed E-state index contributed by atoms with van der Waals surface area (Å²) in [6.07, 6.45) is 2.67. The van der Waals surface area contributed by atoms with Crippen LogP contribution in [0.25, 0.3) is 11.1 Å². The van der Waals surface area contributed by atoms with E-state index in [0.717, 1.165) is 23.1 Å². The highest BCUT2D eigenvalue weighted by Crippen LogP contribution is 2.18. The molecular formula is C10H8N2O. The van der Waals surface area contributed by atoms with Gasteiger partial charge in [-0.3, -0.25) is 0 Å². The van der Waals surface area contributed by atoms with Gasteiger partial charge in [0.15, 0.2) is 12.0 Å². The van der Waals surface area contributed by atoms with E-state index in [2.05, 4.69) is 11.1 Å². The van der Waals surface area contributed by atoms with E-state index in [1.807, 2.05) is 18.2 Å². The molecule has 13 heavy (non-hydrogen) atoms. The van der Waals surface area contributed by atoms with Crippen molar-refractivity contribution in [3.63, 3.8) is 0 Å². The van der Waals surface area contributed by atoms with Crippen molar-refractivity contribution in [2.75, 3.05) is 0 Å². The van der Waals surface area contributed by atoms with Crippen LogP contribution in [0.5, 0.6) is 0 Å². The highest BCUT2D eigenvalue weighted by molar-refractivity contribution is 5.75. The average Bonchev–Trinajstić information content (AvgIpc) is 2.62. The minimum Gasteiger partial charge on any atom is -0.443 e. The van der Waals surface area contributed by atoms with Crippen molar-refractivity contribution < 1.29 is 4.42 Å². The Hall–Kier alpha value is -1.82. The Morgan fingerprint density at radius 3 is 3.23 bits per heavy atom. The van der Waals surface area contributed by atoms with Crippen molar-refractivity contribution in [2.45, 2.75) is 12.8 Å². The Kier molecular flexibility index (Phi) is 1.97. The summed E-state index contributed by atoms with van der Waals surface area (Å²) in [6, 6.07) is 7.90. The first-order valence-corrected chi connectivity index (χ1v) is 4.10. The zero-order valence-corrected chi connectivity index (χ0v) is 7.03. The van der Waals surface area contributed by atoms with Gasteiger partial charge >= 0.3 is 0 Å². The van der Waals surface area contributed by atoms with Crippen LogP contribution < -0.4 is 0 Å². The van der Waals surface area contributed by atoms with Crippen LogP contribution in [0.2, 0.25) is 0 Å². The monoisotopic (exact) mass is 172 g/mol. The molecule has 0 bridgehead atoms. The second-order valence-corrected chi connectivity index (χ2v) is 2.78. The molecule has 0 amide bonds. The lowest BCUT2D eigenvalue weighted by Gasteiger charge is -1.96. The van der Waals surface area contributed by atoms with E-state index in [1.165, 1.54) is 6.39 Å². The third-order valence-corrected chi connectivity index (χ3v) is 1.94. The second kappa shape index (κ2) is 3.28. The normalized spacial score (nSPS) is 10.1. The van der Waals surface area contributed by atoms with Crippen LogP contribution in [0, 0.1) is 11.3 Å². The van der Waals surface area contributed by atoms with Gasteiger partial charge in [0, 0.05) is 6.42 Å². The van der Waals surface area contributed by atoms with Crippen LogP contribution in [0.15, 0.2) is 29.0 Å². The molecule has 2 rings (SSSR count). The van der Waals surface area contributed by atoms with Gasteiger partial charge in [-0.15, -0.1) is 0 Å². The molecule has 3 nitrogen and oxygen atoms in total. The molecule has 0 saturated heterocycles. The van der Waals surface area contributed by atoms with Gasteiger partial charge in [-0.2, -0.15) is 5.26 Å². The van der Waals surface area contributed by atoms with Gasteiger partial charge in [-0.25, -0.2) is 4.98 Å². The molecule has 0 aliphatic rings. The summed E-state index contributed by atoms with van der Waals surface area (Å²) in [4.78, 5) is 4.04. The van der Waals surface area contributed by atoms with Gasteiger partial charge in [-0.05, 0) is 18.1 Å². The molecule has 2 aromatic rings. The largest absolute Gasteiger partial charge is 0.443 e. The van der Waals surface area contributed by atoms with Crippen molar-refractivity contribution in [3.05, 3.63) is 30.2 Å². The van der Waals surface area contributed by atoms with Crippen LogP contribution in [0.4, 0.5) is 0 Å². The third kappa shape index (κ3) is 1.38. The zero-order valence-electron chi connectivity index (χ0n) is 7.03. The van der Waals surface area contributed by atoms with Crippen molar-refractivity contribution in [1.82, 2.24) is 4.98 Å². The molecule has 0 saturated carbocycles. The summed E-state index contributed by atoms with van der Waals surface area (Å²) in [5, 5.41) is 8.45. The van der Waals surface area contributed by atoms with Gasteiger partial charge in [-0.1, -0.05) is 12.1 Å². The number of hydrogen-bond donors (Lipinski definition) is 0. The Bertz CT molecular complexity index is 453. The second-order valence-electron chi connectivity index (χ2n) is 2.78. The van der Waals surface area contributed by atoms with E-state index in [4.69, 9.17) is 9.68 Å². The van der Waals surface area contributed by atoms with Crippen molar-refractivity contribution in [3.8, 4) is 6.07 Å². The number of aromatic nitrogens is 1. The highest BCUT2D eigenvalue weighted by Gasteiger charge is 2.03. The summed E-state index contributed by atoms with van der Waals surface area (Å²) >= 11 is 0. The fourth-order valence-electron chi connectivity index (χ4n) is 1.33. The molecule has 1 aromatic heterocycles. The van der Waals surface area contributed by atoms with Crippen molar-refractivity contribution in [1.29, 1.82) is 5.26 Å². The number of para-hydroxylation sites is 1. The van der Waals surface area contributed by atoms with E-state index in [9.17, 15) is 0 Å². The maximum Gasteiger partial charge on any atom is 0.181 e. The van der Waals surface area contributed by atoms with Gasteiger partial charge in [0.05, 0.1) is 6.07 Å². The number of oxazole rings is 1. The van der Waals surface area contributed by atoms with Crippen LogP contribution in [0.3, 0.4) is 0 Å². The predicted octanol–water partition coefficient (Wildman–Crippen LogP) is 2.28. The first kappa shape index (κ1) is 7.81. The average molecular weight is 172 g/mol. The molecular weight excluding hydrogens is 164 g/mol. The summed E-state index contributed by atoms with van der Waals surface area (Å²) in [5.41, 5.74) is 2.71. The Labute approximate surface area is 75.6 Å². The lowest BCUT2D eigenvalue weighted by atomic mass is 10.1. The Balaban J connectivity index is 2.44. The van der Waals surface area contributed by atoms with Gasteiger partial charge in [0.1, 0.15) is 5.52 Å². The van der Waals surface area contributed by atoms with Crippen molar-refractivity contribution in [2.24, 2.45) is 0 Å². The highest BCUT2D eigenvalue weighted by atomic mass is 16.3. The maximum absolute atomic E-state index is 8.45. The number of hydrogen-bond acceptors (Lipinski definition) is 3. The van der Waals surface area contributed by atoms with Crippen LogP contribution in [0.1, 0.15) is 12.0 Å². The molecule has 0 atom stereocenters. The molecule has 3 heteroatoms. The standard InChI is InChI=1S/C10H8N2O/c11-6-2-4-8-3-1-5-9-10(8)13-7-12-9/h1,3,5,7H,2,4H2. The van der Waals surface area contributed by atoms with Crippen LogP contribution in [-0.4, -0.2) is 4.98 Å². The summed E-state index contributed by atoms with van der Waals surface area (Å²) in [5.74, 6) is 0. The molecule has 0 unspecified atom stereocenters. The molecule has 1 aromatic carbocycles. The fourth-order valence-corrected chi connectivity index (χ4v) is 1.33. The summed E-state index contributed by atoms with van der Waals surface area (Å²) in [7, 11) is 0. The van der Waals surface area contributed by atoms with Gasteiger partial charge < -0.3 is 4.42 Å². The number of aryl methyl sites for hydroxylation is 1. The Morgan fingerprint density at radius 1 is 1.46 bits per heavy atom. The molecule has 0 aliphatic carbocycles. The molecule has 0 spiro atoms. The fraction of sp³-hybridized carbons (Fsp3) is 0.200. The predicted molar refractivity (Wildman–Crippen MR) is 47.9 cm³/mol. The smallest absolute Gasteiger partial charge is 0.181 e. The van der Waals surface area contributed by atoms with E-state index >= 15 is 0 Å². The van der Waals surface area contributed by atoms with Crippen LogP contribution in [-0.2, 0) is 6.42 Å². The van der Waals surface area contributed by atoms with E-state index < -0.39 is 0 Å². The first-order chi connectivity index (χ1) is 6.42. The van der Waals surface area contributed by atoms with Gasteiger partial charge in [0.2, 0.25) is 0 Å². The maximum atomic E-state index is 8.45. The molecule has 1 heterocycles. The molecule has 0 N–H and O–H groups in total. The molecule has 0 aliphatic heterocycles. The zero-order chi connectivity index (χ0) is 9.10. The summed E-state index contributed by atoms with van der Waals surface area (Å²) in [6.45, 7) is 0. The van der Waals surface area contributed by atoms with Crippen molar-refractivity contribution >= 4 is 11.1 Å². The number of nitriles is 1. The van der Waals surface area contributed by atoms with E-state index in [0.29, 0.717) is 6.42 Å². The van der Waals surface area contributed by atoms with Crippen LogP contribution >= 0.6 is 0 Å². The number of rotatable bonds is 2. The lowest BCUT2D eigenvalue weighted by Crippen LogP contribution is -1.83. The number of fused-ring (bicyclic) bond motifs is 1. The number of nitrogens with zero attached hydrogens (tertiary/aromatic N) is 2. The quantitative estimate of drug-likeness (QED) is 0.698. The topological polar surface area (TPSA) is 49.8 Å². The minimum atomic E-state index is 0.514. The summed E-state index contributed by atoms with van der Waals surface area (Å²) < 4.78 is 5.23. The van der Waals surface area contributed by atoms with E-state index in [1.54, 1.807) is 0 Å². The third-order valence-electron chi connectivity index (χ3n) is 1.94. The lowest BCUT2D eigenvalue weighted by molar-refractivity contribution is 0.597. The SMILES string of the molecule is N#CCCc1cccc2ncoc12. The molecule has 0 fully saturated rings. The molecule has 64 valence electrons. The minimum absolute atomic E-state index is 0.514. The van der Waals surface area contributed by atoms with Gasteiger partial charge in [0.25, 0.3) is 0 Å². The first-order valence-electron chi connectivity index (χ1n) is 4.10. The van der Waals surface area contributed by atoms with E-state index in [-0.39, 0.29) is 0 Å². The molecule has 0 radical (unpaired) electrons.